The molecule has 1 aromatic carbocycles. The van der Waals surface area contributed by atoms with Crippen molar-refractivity contribution in [3.8, 4) is 0 Å². The number of anilines is 1. The van der Waals surface area contributed by atoms with E-state index in [9.17, 15) is 0 Å². The lowest BCUT2D eigenvalue weighted by molar-refractivity contribution is 0.00578. The van der Waals surface area contributed by atoms with Crippen LogP contribution < -0.4 is 11.2 Å². The van der Waals surface area contributed by atoms with Crippen LogP contribution in [0.4, 0.5) is 5.13 Å². The molecule has 1 saturated heterocycles. The fraction of sp³-hybridized carbons (Fsp3) is 0.462. The van der Waals surface area contributed by atoms with Gasteiger partial charge >= 0.3 is 7.12 Å². The second kappa shape index (κ2) is 3.94. The first-order valence-corrected chi connectivity index (χ1v) is 7.12. The van der Waals surface area contributed by atoms with Gasteiger partial charge in [0.25, 0.3) is 0 Å². The van der Waals surface area contributed by atoms with Crippen LogP contribution in [0.15, 0.2) is 18.2 Å². The molecule has 0 spiro atoms. The summed E-state index contributed by atoms with van der Waals surface area (Å²) in [6.07, 6.45) is 0. The van der Waals surface area contributed by atoms with E-state index in [1.165, 1.54) is 11.3 Å². The third kappa shape index (κ3) is 2.04. The minimum Gasteiger partial charge on any atom is -0.399 e. The van der Waals surface area contributed by atoms with Crippen molar-refractivity contribution in [2.24, 2.45) is 0 Å². The lowest BCUT2D eigenvalue weighted by Crippen LogP contribution is -2.41. The summed E-state index contributed by atoms with van der Waals surface area (Å²) in [6, 6.07) is 6.00. The molecule has 1 aliphatic rings. The molecule has 0 bridgehead atoms. The van der Waals surface area contributed by atoms with Crippen molar-refractivity contribution < 1.29 is 9.31 Å². The highest BCUT2D eigenvalue weighted by Gasteiger charge is 2.51. The van der Waals surface area contributed by atoms with Crippen LogP contribution in [0, 0.1) is 0 Å². The monoisotopic (exact) mass is 276 g/mol. The molecule has 3 rings (SSSR count). The average Bonchev–Trinajstić information content (AvgIpc) is 2.74. The highest BCUT2D eigenvalue weighted by molar-refractivity contribution is 7.22. The summed E-state index contributed by atoms with van der Waals surface area (Å²) in [5, 5.41) is 0.584. The quantitative estimate of drug-likeness (QED) is 0.811. The number of nitrogens with zero attached hydrogens (tertiary/aromatic N) is 1. The van der Waals surface area contributed by atoms with Crippen molar-refractivity contribution in [1.29, 1.82) is 0 Å². The minimum absolute atomic E-state index is 0.320. The van der Waals surface area contributed by atoms with Gasteiger partial charge < -0.3 is 15.0 Å². The highest BCUT2D eigenvalue weighted by Crippen LogP contribution is 2.36. The van der Waals surface area contributed by atoms with Gasteiger partial charge in [0.05, 0.1) is 21.4 Å². The first-order chi connectivity index (χ1) is 8.78. The van der Waals surface area contributed by atoms with Gasteiger partial charge in [-0.05, 0) is 45.3 Å². The largest absolute Gasteiger partial charge is 0.494 e. The van der Waals surface area contributed by atoms with E-state index in [0.717, 1.165) is 15.7 Å². The maximum absolute atomic E-state index is 6.04. The van der Waals surface area contributed by atoms with Crippen molar-refractivity contribution in [1.82, 2.24) is 4.98 Å². The third-order valence-electron chi connectivity index (χ3n) is 3.95. The van der Waals surface area contributed by atoms with Gasteiger partial charge in [0.15, 0.2) is 5.13 Å². The standard InChI is InChI=1S/C13H17BN2O2S/c1-12(2)13(3,4)18-14(17-12)8-5-6-9-10(7-8)19-11(15)16-9/h5-7H,1-4H3,(H2,15,16). The molecule has 100 valence electrons. The predicted octanol–water partition coefficient (Wildman–Crippen LogP) is 2.18. The summed E-state index contributed by atoms with van der Waals surface area (Å²) < 4.78 is 13.1. The Bertz CT molecular complexity index is 623. The lowest BCUT2D eigenvalue weighted by Gasteiger charge is -2.32. The van der Waals surface area contributed by atoms with Crippen LogP contribution in [0.25, 0.3) is 10.2 Å². The van der Waals surface area contributed by atoms with Crippen molar-refractivity contribution >= 4 is 39.3 Å². The van der Waals surface area contributed by atoms with Crippen molar-refractivity contribution in [3.05, 3.63) is 18.2 Å². The van der Waals surface area contributed by atoms with Crippen LogP contribution in [-0.2, 0) is 9.31 Å². The van der Waals surface area contributed by atoms with E-state index in [2.05, 4.69) is 32.7 Å². The summed E-state index contributed by atoms with van der Waals surface area (Å²) in [5.74, 6) is 0. The van der Waals surface area contributed by atoms with E-state index in [-0.39, 0.29) is 18.3 Å². The number of thiazole rings is 1. The van der Waals surface area contributed by atoms with Gasteiger partial charge in [-0.25, -0.2) is 4.98 Å². The molecule has 1 fully saturated rings. The van der Waals surface area contributed by atoms with Gasteiger partial charge in [0.2, 0.25) is 0 Å². The zero-order valence-electron chi connectivity index (χ0n) is 11.6. The summed E-state index contributed by atoms with van der Waals surface area (Å²) in [7, 11) is -0.335. The normalized spacial score (nSPS) is 21.2. The van der Waals surface area contributed by atoms with Crippen LogP contribution in [-0.4, -0.2) is 23.3 Å². The molecule has 0 aliphatic carbocycles. The number of aromatic nitrogens is 1. The molecule has 6 heteroatoms. The average molecular weight is 276 g/mol. The summed E-state index contributed by atoms with van der Waals surface area (Å²) in [4.78, 5) is 4.25. The Hall–Kier alpha value is -1.11. The molecule has 2 heterocycles. The maximum Gasteiger partial charge on any atom is 0.494 e. The Morgan fingerprint density at radius 3 is 2.42 bits per heavy atom. The lowest BCUT2D eigenvalue weighted by atomic mass is 9.79. The molecule has 1 aromatic heterocycles. The van der Waals surface area contributed by atoms with E-state index in [4.69, 9.17) is 15.0 Å². The molecule has 1 aliphatic heterocycles. The fourth-order valence-electron chi connectivity index (χ4n) is 2.08. The Balaban J connectivity index is 1.97. The number of rotatable bonds is 1. The van der Waals surface area contributed by atoms with Crippen LogP contribution in [0.2, 0.25) is 0 Å². The van der Waals surface area contributed by atoms with E-state index in [0.29, 0.717) is 5.13 Å². The molecule has 0 saturated carbocycles. The SMILES string of the molecule is CC1(C)OB(c2ccc3nc(N)sc3c2)OC1(C)C. The van der Waals surface area contributed by atoms with Gasteiger partial charge in [-0.1, -0.05) is 17.4 Å². The van der Waals surface area contributed by atoms with Crippen molar-refractivity contribution in [2.75, 3.05) is 5.73 Å². The molecular weight excluding hydrogens is 259 g/mol. The smallest absolute Gasteiger partial charge is 0.399 e. The summed E-state index contributed by atoms with van der Waals surface area (Å²) in [5.41, 5.74) is 7.01. The van der Waals surface area contributed by atoms with Crippen LogP contribution in [0.1, 0.15) is 27.7 Å². The zero-order chi connectivity index (χ0) is 13.8. The van der Waals surface area contributed by atoms with Gasteiger partial charge in [-0.3, -0.25) is 0 Å². The highest BCUT2D eigenvalue weighted by atomic mass is 32.1. The first-order valence-electron chi connectivity index (χ1n) is 6.30. The maximum atomic E-state index is 6.04. The molecule has 2 N–H and O–H groups in total. The number of hydrogen-bond acceptors (Lipinski definition) is 5. The summed E-state index contributed by atoms with van der Waals surface area (Å²) >= 11 is 1.48. The minimum atomic E-state index is -0.335. The molecule has 4 nitrogen and oxygen atoms in total. The van der Waals surface area contributed by atoms with Crippen LogP contribution in [0.3, 0.4) is 0 Å². The topological polar surface area (TPSA) is 57.4 Å². The van der Waals surface area contributed by atoms with Gasteiger partial charge in [-0.15, -0.1) is 0 Å². The Labute approximate surface area is 117 Å². The van der Waals surface area contributed by atoms with Crippen LogP contribution >= 0.6 is 11.3 Å². The number of nitrogen functional groups attached to an aromatic ring is 1. The van der Waals surface area contributed by atoms with Crippen molar-refractivity contribution in [2.45, 2.75) is 38.9 Å². The second-order valence-corrected chi connectivity index (χ2v) is 6.93. The van der Waals surface area contributed by atoms with Crippen LogP contribution in [0.5, 0.6) is 0 Å². The summed E-state index contributed by atoms with van der Waals surface area (Å²) in [6.45, 7) is 8.21. The molecule has 0 unspecified atom stereocenters. The Morgan fingerprint density at radius 2 is 1.79 bits per heavy atom. The van der Waals surface area contributed by atoms with Gasteiger partial charge in [0.1, 0.15) is 0 Å². The van der Waals surface area contributed by atoms with Crippen molar-refractivity contribution in [3.63, 3.8) is 0 Å². The molecule has 19 heavy (non-hydrogen) atoms. The van der Waals surface area contributed by atoms with E-state index in [1.807, 2.05) is 18.2 Å². The Kier molecular flexibility index (Phi) is 2.68. The number of benzene rings is 1. The number of hydrogen-bond donors (Lipinski definition) is 1. The van der Waals surface area contributed by atoms with Gasteiger partial charge in [-0.2, -0.15) is 0 Å². The molecule has 0 amide bonds. The fourth-order valence-corrected chi connectivity index (χ4v) is 2.87. The molecule has 2 aromatic rings. The Morgan fingerprint density at radius 1 is 1.16 bits per heavy atom. The van der Waals surface area contributed by atoms with Gasteiger partial charge in [0, 0.05) is 0 Å². The molecule has 0 radical (unpaired) electrons. The van der Waals surface area contributed by atoms with E-state index >= 15 is 0 Å². The molecular formula is C13H17BN2O2S. The molecule has 0 atom stereocenters. The predicted molar refractivity (Wildman–Crippen MR) is 79.7 cm³/mol. The number of nitrogens with two attached hydrogens (primary N) is 1. The second-order valence-electron chi connectivity index (χ2n) is 5.87. The third-order valence-corrected chi connectivity index (χ3v) is 4.80. The van der Waals surface area contributed by atoms with E-state index in [1.54, 1.807) is 0 Å². The first kappa shape index (κ1) is 12.9. The van der Waals surface area contributed by atoms with E-state index < -0.39 is 0 Å². The zero-order valence-corrected chi connectivity index (χ0v) is 12.4. The number of fused-ring (bicyclic) bond motifs is 1.